The first-order valence-electron chi connectivity index (χ1n) is 8.08. The number of rotatable bonds is 2. The molecule has 0 spiro atoms. The molecule has 2 rings (SSSR count). The molecule has 1 aliphatic heterocycles. The first kappa shape index (κ1) is 16.1. The third kappa shape index (κ3) is 3.89. The quantitative estimate of drug-likeness (QED) is 0.851. The minimum Gasteiger partial charge on any atom is -0.444 e. The van der Waals surface area contributed by atoms with Crippen LogP contribution in [0.4, 0.5) is 4.79 Å². The van der Waals surface area contributed by atoms with Gasteiger partial charge in [0.15, 0.2) is 0 Å². The minimum atomic E-state index is -0.553. The molecule has 2 aliphatic rings. The number of carbonyl (C=O) groups is 2. The van der Waals surface area contributed by atoms with Gasteiger partial charge in [-0.1, -0.05) is 32.1 Å². The van der Waals surface area contributed by atoms with Crippen LogP contribution in [0.3, 0.4) is 0 Å². The molecule has 1 saturated heterocycles. The molecule has 0 aromatic rings. The Kier molecular flexibility index (Phi) is 4.79. The van der Waals surface area contributed by atoms with Crippen molar-refractivity contribution in [2.75, 3.05) is 6.54 Å². The van der Waals surface area contributed by atoms with Gasteiger partial charge in [0, 0.05) is 6.54 Å². The molecule has 2 amide bonds. The highest BCUT2D eigenvalue weighted by Crippen LogP contribution is 2.39. The van der Waals surface area contributed by atoms with E-state index in [0.29, 0.717) is 12.5 Å². The monoisotopic (exact) mass is 296 g/mol. The van der Waals surface area contributed by atoms with Crippen molar-refractivity contribution in [1.29, 1.82) is 0 Å². The van der Waals surface area contributed by atoms with Crippen LogP contribution in [0.25, 0.3) is 0 Å². The fourth-order valence-corrected chi connectivity index (χ4v) is 3.76. The Hall–Kier alpha value is -1.26. The predicted molar refractivity (Wildman–Crippen MR) is 80.6 cm³/mol. The summed E-state index contributed by atoms with van der Waals surface area (Å²) < 4.78 is 5.42. The van der Waals surface area contributed by atoms with E-state index < -0.39 is 23.6 Å². The number of amides is 2. The number of nitrogens with two attached hydrogens (primary N) is 1. The van der Waals surface area contributed by atoms with E-state index in [2.05, 4.69) is 0 Å². The maximum absolute atomic E-state index is 12.3. The summed E-state index contributed by atoms with van der Waals surface area (Å²) in [6, 6.07) is -0.497. The lowest BCUT2D eigenvalue weighted by Gasteiger charge is -2.33. The Morgan fingerprint density at radius 1 is 1.10 bits per heavy atom. The maximum Gasteiger partial charge on any atom is 0.410 e. The van der Waals surface area contributed by atoms with E-state index in [1.54, 1.807) is 4.90 Å². The molecule has 120 valence electrons. The smallest absolute Gasteiger partial charge is 0.410 e. The van der Waals surface area contributed by atoms with E-state index in [-0.39, 0.29) is 5.92 Å². The van der Waals surface area contributed by atoms with Gasteiger partial charge in [0.05, 0.1) is 0 Å². The lowest BCUT2D eigenvalue weighted by Crippen LogP contribution is -2.49. The number of carbonyl (C=O) groups excluding carboxylic acids is 2. The standard InChI is InChI=1S/C16H28N2O3/c1-16(2,3)21-15(20)18-10-9-12(13(18)14(17)19)11-7-5-4-6-8-11/h11-13H,4-10H2,1-3H3,(H2,17,19)/t12-,13-/m1/s1. The second-order valence-corrected chi connectivity index (χ2v) is 7.37. The van der Waals surface area contributed by atoms with E-state index in [1.807, 2.05) is 20.8 Å². The summed E-state index contributed by atoms with van der Waals surface area (Å²) in [5.74, 6) is 0.327. The topological polar surface area (TPSA) is 72.6 Å². The number of primary amides is 1. The second kappa shape index (κ2) is 6.24. The third-order valence-electron chi connectivity index (χ3n) is 4.62. The van der Waals surface area contributed by atoms with Crippen LogP contribution in [-0.2, 0) is 9.53 Å². The van der Waals surface area contributed by atoms with Gasteiger partial charge in [0.2, 0.25) is 5.91 Å². The van der Waals surface area contributed by atoms with Crippen molar-refractivity contribution < 1.29 is 14.3 Å². The molecule has 2 N–H and O–H groups in total. The van der Waals surface area contributed by atoms with E-state index >= 15 is 0 Å². The first-order chi connectivity index (χ1) is 9.79. The van der Waals surface area contributed by atoms with Crippen LogP contribution in [0, 0.1) is 11.8 Å². The summed E-state index contributed by atoms with van der Waals surface area (Å²) in [6.07, 6.45) is 6.47. The van der Waals surface area contributed by atoms with Gasteiger partial charge in [0.1, 0.15) is 11.6 Å². The van der Waals surface area contributed by atoms with Crippen molar-refractivity contribution in [2.24, 2.45) is 17.6 Å². The van der Waals surface area contributed by atoms with Crippen LogP contribution in [-0.4, -0.2) is 35.1 Å². The summed E-state index contributed by atoms with van der Waals surface area (Å²) in [5, 5.41) is 0. The molecule has 2 fully saturated rings. The lowest BCUT2D eigenvalue weighted by molar-refractivity contribution is -0.124. The number of ether oxygens (including phenoxy) is 1. The second-order valence-electron chi connectivity index (χ2n) is 7.37. The largest absolute Gasteiger partial charge is 0.444 e. The van der Waals surface area contributed by atoms with Crippen LogP contribution in [0.15, 0.2) is 0 Å². The molecule has 0 unspecified atom stereocenters. The van der Waals surface area contributed by atoms with Gasteiger partial charge in [-0.25, -0.2) is 4.79 Å². The van der Waals surface area contributed by atoms with Gasteiger partial charge in [-0.2, -0.15) is 0 Å². The molecular formula is C16H28N2O3. The molecular weight excluding hydrogens is 268 g/mol. The zero-order valence-corrected chi connectivity index (χ0v) is 13.4. The highest BCUT2D eigenvalue weighted by Gasteiger charge is 2.45. The average molecular weight is 296 g/mol. The maximum atomic E-state index is 12.3. The number of nitrogens with zero attached hydrogens (tertiary/aromatic N) is 1. The van der Waals surface area contributed by atoms with Gasteiger partial charge < -0.3 is 10.5 Å². The van der Waals surface area contributed by atoms with Gasteiger partial charge in [-0.3, -0.25) is 9.69 Å². The van der Waals surface area contributed by atoms with Crippen LogP contribution in [0.5, 0.6) is 0 Å². The van der Waals surface area contributed by atoms with Crippen LogP contribution < -0.4 is 5.73 Å². The minimum absolute atomic E-state index is 0.204. The normalized spacial score (nSPS) is 27.7. The first-order valence-corrected chi connectivity index (χ1v) is 8.08. The van der Waals surface area contributed by atoms with Gasteiger partial charge in [-0.15, -0.1) is 0 Å². The Balaban J connectivity index is 2.09. The van der Waals surface area contributed by atoms with Crippen molar-refractivity contribution in [1.82, 2.24) is 4.90 Å². The molecule has 21 heavy (non-hydrogen) atoms. The zero-order chi connectivity index (χ0) is 15.6. The summed E-state index contributed by atoms with van der Waals surface area (Å²) in [4.78, 5) is 25.8. The van der Waals surface area contributed by atoms with Gasteiger partial charge in [0.25, 0.3) is 0 Å². The molecule has 1 aliphatic carbocycles. The summed E-state index contributed by atoms with van der Waals surface area (Å²) in [7, 11) is 0. The Morgan fingerprint density at radius 3 is 2.24 bits per heavy atom. The molecule has 2 atom stereocenters. The average Bonchev–Trinajstić information content (AvgIpc) is 2.82. The Bertz CT molecular complexity index is 397. The van der Waals surface area contributed by atoms with Crippen molar-refractivity contribution in [3.8, 4) is 0 Å². The van der Waals surface area contributed by atoms with Crippen molar-refractivity contribution >= 4 is 12.0 Å². The molecule has 0 bridgehead atoms. The van der Waals surface area contributed by atoms with E-state index in [1.165, 1.54) is 19.3 Å². The fraction of sp³-hybridized carbons (Fsp3) is 0.875. The van der Waals surface area contributed by atoms with E-state index in [0.717, 1.165) is 19.3 Å². The Morgan fingerprint density at radius 2 is 1.71 bits per heavy atom. The number of hydrogen-bond acceptors (Lipinski definition) is 3. The third-order valence-corrected chi connectivity index (χ3v) is 4.62. The highest BCUT2D eigenvalue weighted by atomic mass is 16.6. The molecule has 5 heteroatoms. The van der Waals surface area contributed by atoms with Crippen LogP contribution in [0.1, 0.15) is 59.3 Å². The van der Waals surface area contributed by atoms with Gasteiger partial charge >= 0.3 is 6.09 Å². The zero-order valence-electron chi connectivity index (χ0n) is 13.4. The van der Waals surface area contributed by atoms with Gasteiger partial charge in [-0.05, 0) is 39.0 Å². The molecule has 0 radical (unpaired) electrons. The molecule has 1 heterocycles. The summed E-state index contributed by atoms with van der Waals surface area (Å²) in [5.41, 5.74) is 5.05. The molecule has 0 aromatic carbocycles. The summed E-state index contributed by atoms with van der Waals surface area (Å²) >= 11 is 0. The summed E-state index contributed by atoms with van der Waals surface area (Å²) in [6.45, 7) is 6.07. The number of hydrogen-bond donors (Lipinski definition) is 1. The Labute approximate surface area is 127 Å². The highest BCUT2D eigenvalue weighted by molar-refractivity contribution is 5.85. The lowest BCUT2D eigenvalue weighted by atomic mass is 9.76. The van der Waals surface area contributed by atoms with E-state index in [9.17, 15) is 9.59 Å². The predicted octanol–water partition coefficient (Wildman–Crippen LogP) is 2.68. The van der Waals surface area contributed by atoms with Crippen molar-refractivity contribution in [3.05, 3.63) is 0 Å². The van der Waals surface area contributed by atoms with E-state index in [4.69, 9.17) is 10.5 Å². The van der Waals surface area contributed by atoms with Crippen LogP contribution >= 0.6 is 0 Å². The molecule has 1 saturated carbocycles. The van der Waals surface area contributed by atoms with Crippen LogP contribution in [0.2, 0.25) is 0 Å². The molecule has 5 nitrogen and oxygen atoms in total. The SMILES string of the molecule is CC(C)(C)OC(=O)N1CC[C@H](C2CCCCC2)[C@@H]1C(N)=O. The van der Waals surface area contributed by atoms with Crippen molar-refractivity contribution in [2.45, 2.75) is 70.9 Å². The van der Waals surface area contributed by atoms with Crippen molar-refractivity contribution in [3.63, 3.8) is 0 Å². The number of likely N-dealkylation sites (tertiary alicyclic amines) is 1. The molecule has 0 aromatic heterocycles. The fourth-order valence-electron chi connectivity index (χ4n) is 3.76.